The van der Waals surface area contributed by atoms with E-state index in [2.05, 4.69) is 21.8 Å². The van der Waals surface area contributed by atoms with Crippen molar-refractivity contribution < 1.29 is 5.11 Å². The molecule has 0 spiro atoms. The summed E-state index contributed by atoms with van der Waals surface area (Å²) >= 11 is 0. The summed E-state index contributed by atoms with van der Waals surface area (Å²) in [6.07, 6.45) is 8.01. The molecule has 2 aromatic heterocycles. The van der Waals surface area contributed by atoms with E-state index in [1.54, 1.807) is 0 Å². The number of fused-ring (bicyclic) bond motifs is 1. The van der Waals surface area contributed by atoms with E-state index in [0.29, 0.717) is 0 Å². The zero-order chi connectivity index (χ0) is 11.0. The molecule has 1 aliphatic rings. The van der Waals surface area contributed by atoms with Crippen LogP contribution in [0.2, 0.25) is 0 Å². The molecule has 0 amide bonds. The van der Waals surface area contributed by atoms with Crippen molar-refractivity contribution in [3.05, 3.63) is 30.6 Å². The van der Waals surface area contributed by atoms with Gasteiger partial charge in [-0.1, -0.05) is 12.8 Å². The summed E-state index contributed by atoms with van der Waals surface area (Å²) < 4.78 is 2.19. The normalized spacial score (nSPS) is 26.1. The van der Waals surface area contributed by atoms with Crippen molar-refractivity contribution in [2.75, 3.05) is 0 Å². The first-order valence-electron chi connectivity index (χ1n) is 5.96. The van der Waals surface area contributed by atoms with E-state index in [-0.39, 0.29) is 12.1 Å². The number of hydrogen-bond donors (Lipinski definition) is 1. The third-order valence-electron chi connectivity index (χ3n) is 3.54. The van der Waals surface area contributed by atoms with Gasteiger partial charge in [0.2, 0.25) is 0 Å². The molecule has 0 aliphatic heterocycles. The maximum Gasteiger partial charge on any atom is 0.0881 e. The molecule has 0 radical (unpaired) electrons. The fourth-order valence-electron chi connectivity index (χ4n) is 2.69. The van der Waals surface area contributed by atoms with E-state index in [4.69, 9.17) is 0 Å². The highest BCUT2D eigenvalue weighted by Gasteiger charge is 2.25. The summed E-state index contributed by atoms with van der Waals surface area (Å²) in [6, 6.07) is 6.28. The number of rotatable bonds is 1. The zero-order valence-electron chi connectivity index (χ0n) is 9.21. The van der Waals surface area contributed by atoms with Gasteiger partial charge >= 0.3 is 0 Å². The summed E-state index contributed by atoms with van der Waals surface area (Å²) in [5, 5.41) is 10.1. The smallest absolute Gasteiger partial charge is 0.0881 e. The Morgan fingerprint density at radius 2 is 2.12 bits per heavy atom. The topological polar surface area (TPSA) is 38.0 Å². The summed E-state index contributed by atoms with van der Waals surface area (Å²) in [7, 11) is 0. The van der Waals surface area contributed by atoms with E-state index in [9.17, 15) is 5.11 Å². The number of aliphatic hydroxyl groups excluding tert-OH is 1. The highest BCUT2D eigenvalue weighted by molar-refractivity contribution is 5.75. The predicted octanol–water partition coefficient (Wildman–Crippen LogP) is 2.51. The number of hydrogen-bond acceptors (Lipinski definition) is 2. The third-order valence-corrected chi connectivity index (χ3v) is 3.54. The van der Waals surface area contributed by atoms with Crippen molar-refractivity contribution in [3.8, 4) is 0 Å². The van der Waals surface area contributed by atoms with Crippen LogP contribution in [0.4, 0.5) is 0 Å². The van der Waals surface area contributed by atoms with Crippen molar-refractivity contribution in [2.24, 2.45) is 0 Å². The average Bonchev–Trinajstić information content (AvgIpc) is 2.74. The van der Waals surface area contributed by atoms with Gasteiger partial charge in [-0.25, -0.2) is 0 Å². The van der Waals surface area contributed by atoms with Crippen molar-refractivity contribution in [2.45, 2.75) is 37.8 Å². The molecule has 2 aromatic rings. The van der Waals surface area contributed by atoms with Gasteiger partial charge in [0.15, 0.2) is 0 Å². The second-order valence-electron chi connectivity index (χ2n) is 4.55. The maximum absolute atomic E-state index is 10.1. The van der Waals surface area contributed by atoms with E-state index >= 15 is 0 Å². The SMILES string of the molecule is O[C@H]1CCCC[C@@H]1n1ccc2ncccc21. The van der Waals surface area contributed by atoms with Gasteiger partial charge in [-0.15, -0.1) is 0 Å². The lowest BCUT2D eigenvalue weighted by atomic mass is 9.92. The molecule has 1 aliphatic carbocycles. The van der Waals surface area contributed by atoms with Crippen LogP contribution in [0.15, 0.2) is 30.6 Å². The lowest BCUT2D eigenvalue weighted by Crippen LogP contribution is -2.26. The molecule has 1 N–H and O–H groups in total. The molecule has 3 nitrogen and oxygen atoms in total. The Morgan fingerprint density at radius 1 is 1.25 bits per heavy atom. The van der Waals surface area contributed by atoms with Gasteiger partial charge in [0.05, 0.1) is 23.2 Å². The van der Waals surface area contributed by atoms with Crippen LogP contribution < -0.4 is 0 Å². The predicted molar refractivity (Wildman–Crippen MR) is 63.2 cm³/mol. The maximum atomic E-state index is 10.1. The van der Waals surface area contributed by atoms with Gasteiger partial charge in [-0.3, -0.25) is 4.98 Å². The van der Waals surface area contributed by atoms with Crippen molar-refractivity contribution in [1.82, 2.24) is 9.55 Å². The lowest BCUT2D eigenvalue weighted by molar-refractivity contribution is 0.0776. The van der Waals surface area contributed by atoms with Crippen LogP contribution in [0.5, 0.6) is 0 Å². The lowest BCUT2D eigenvalue weighted by Gasteiger charge is -2.29. The Balaban J connectivity index is 2.04. The Bertz CT molecular complexity index is 491. The highest BCUT2D eigenvalue weighted by atomic mass is 16.3. The first-order valence-corrected chi connectivity index (χ1v) is 5.96. The Morgan fingerprint density at radius 3 is 3.00 bits per heavy atom. The minimum Gasteiger partial charge on any atom is -0.391 e. The molecular formula is C13H16N2O. The van der Waals surface area contributed by atoms with Gasteiger partial charge in [0.1, 0.15) is 0 Å². The van der Waals surface area contributed by atoms with Gasteiger partial charge in [0, 0.05) is 12.4 Å². The minimum atomic E-state index is -0.204. The second kappa shape index (κ2) is 3.91. The van der Waals surface area contributed by atoms with Crippen LogP contribution in [-0.2, 0) is 0 Å². The van der Waals surface area contributed by atoms with Crippen molar-refractivity contribution in [3.63, 3.8) is 0 Å². The minimum absolute atomic E-state index is 0.204. The van der Waals surface area contributed by atoms with E-state index < -0.39 is 0 Å². The quantitative estimate of drug-likeness (QED) is 0.795. The number of aliphatic hydroxyl groups is 1. The molecule has 16 heavy (non-hydrogen) atoms. The van der Waals surface area contributed by atoms with Crippen molar-refractivity contribution >= 4 is 11.0 Å². The molecule has 0 unspecified atom stereocenters. The molecule has 0 aromatic carbocycles. The highest BCUT2D eigenvalue weighted by Crippen LogP contribution is 2.31. The summed E-state index contributed by atoms with van der Waals surface area (Å²) in [6.45, 7) is 0. The van der Waals surface area contributed by atoms with E-state index in [1.165, 1.54) is 6.42 Å². The Labute approximate surface area is 94.7 Å². The van der Waals surface area contributed by atoms with Gasteiger partial charge in [-0.05, 0) is 31.0 Å². The molecule has 3 heteroatoms. The number of nitrogens with zero attached hydrogens (tertiary/aromatic N) is 2. The molecule has 2 heterocycles. The van der Waals surface area contributed by atoms with Gasteiger partial charge in [-0.2, -0.15) is 0 Å². The van der Waals surface area contributed by atoms with Crippen LogP contribution in [0.3, 0.4) is 0 Å². The largest absolute Gasteiger partial charge is 0.391 e. The summed E-state index contributed by atoms with van der Waals surface area (Å²) in [4.78, 5) is 4.32. The molecule has 1 saturated carbocycles. The average molecular weight is 216 g/mol. The molecular weight excluding hydrogens is 200 g/mol. The van der Waals surface area contributed by atoms with Crippen LogP contribution >= 0.6 is 0 Å². The van der Waals surface area contributed by atoms with Crippen LogP contribution in [0.25, 0.3) is 11.0 Å². The monoisotopic (exact) mass is 216 g/mol. The Kier molecular flexibility index (Phi) is 2.40. The van der Waals surface area contributed by atoms with E-state index in [0.717, 1.165) is 30.3 Å². The number of aromatic nitrogens is 2. The first-order chi connectivity index (χ1) is 7.86. The molecule has 3 rings (SSSR count). The standard InChI is InChI=1S/C13H16N2O/c16-13-6-2-1-4-12(13)15-9-7-10-11(15)5-3-8-14-10/h3,5,7-9,12-13,16H,1-2,4,6H2/t12-,13-/m0/s1. The van der Waals surface area contributed by atoms with Crippen molar-refractivity contribution in [1.29, 1.82) is 0 Å². The number of pyridine rings is 1. The molecule has 2 atom stereocenters. The van der Waals surface area contributed by atoms with Gasteiger partial charge in [0.25, 0.3) is 0 Å². The fraction of sp³-hybridized carbons (Fsp3) is 0.462. The second-order valence-corrected chi connectivity index (χ2v) is 4.55. The van der Waals surface area contributed by atoms with Crippen LogP contribution in [-0.4, -0.2) is 20.8 Å². The zero-order valence-corrected chi connectivity index (χ0v) is 9.21. The van der Waals surface area contributed by atoms with Crippen LogP contribution in [0.1, 0.15) is 31.7 Å². The first kappa shape index (κ1) is 9.85. The third kappa shape index (κ3) is 1.52. The van der Waals surface area contributed by atoms with Gasteiger partial charge < -0.3 is 9.67 Å². The molecule has 1 fully saturated rings. The summed E-state index contributed by atoms with van der Waals surface area (Å²) in [5.74, 6) is 0. The molecule has 0 saturated heterocycles. The molecule has 84 valence electrons. The van der Waals surface area contributed by atoms with Crippen LogP contribution in [0, 0.1) is 0 Å². The van der Waals surface area contributed by atoms with E-state index in [1.807, 2.05) is 18.3 Å². The molecule has 0 bridgehead atoms. The Hall–Kier alpha value is -1.35. The summed E-state index contributed by atoms with van der Waals surface area (Å²) in [5.41, 5.74) is 2.15. The fourth-order valence-corrected chi connectivity index (χ4v) is 2.69.